The Labute approximate surface area is 139 Å². The summed E-state index contributed by atoms with van der Waals surface area (Å²) >= 11 is 5.80. The Balaban J connectivity index is 0.00000176. The van der Waals surface area contributed by atoms with E-state index in [0.29, 0.717) is 35.1 Å². The molecule has 7 heteroatoms. The fraction of sp³-hybridized carbons (Fsp3) is 0.400. The van der Waals surface area contributed by atoms with E-state index >= 15 is 0 Å². The molecule has 5 nitrogen and oxygen atoms in total. The molecule has 3 rings (SSSR count). The van der Waals surface area contributed by atoms with Gasteiger partial charge in [0.1, 0.15) is 0 Å². The molecule has 0 saturated heterocycles. The fourth-order valence-corrected chi connectivity index (χ4v) is 2.47. The minimum Gasteiger partial charge on any atom is -0.339 e. The average molecular weight is 342 g/mol. The third kappa shape index (κ3) is 3.48. The lowest BCUT2D eigenvalue weighted by Crippen LogP contribution is -2.44. The number of hydrogen-bond acceptors (Lipinski definition) is 5. The molecule has 0 bridgehead atoms. The summed E-state index contributed by atoms with van der Waals surface area (Å²) in [5, 5.41) is 4.55. The molecular formula is C15H17Cl2N3O2. The number of Topliss-reactive ketones (excluding diaryl/α,β-unsaturated/α-hetero) is 1. The third-order valence-electron chi connectivity index (χ3n) is 3.89. The molecule has 2 aromatic rings. The van der Waals surface area contributed by atoms with E-state index < -0.39 is 5.54 Å². The number of benzene rings is 1. The highest BCUT2D eigenvalue weighted by Gasteiger charge is 2.38. The monoisotopic (exact) mass is 341 g/mol. The smallest absolute Gasteiger partial charge is 0.227 e. The van der Waals surface area contributed by atoms with E-state index in [9.17, 15) is 4.79 Å². The van der Waals surface area contributed by atoms with Gasteiger partial charge in [-0.2, -0.15) is 4.98 Å². The third-order valence-corrected chi connectivity index (χ3v) is 4.14. The summed E-state index contributed by atoms with van der Waals surface area (Å²) in [5.41, 5.74) is 6.34. The normalized spacial score (nSPS) is 15.7. The van der Waals surface area contributed by atoms with Gasteiger partial charge in [-0.15, -0.1) is 12.4 Å². The quantitative estimate of drug-likeness (QED) is 0.843. The van der Waals surface area contributed by atoms with Crippen LogP contribution in [0.1, 0.15) is 47.8 Å². The lowest BCUT2D eigenvalue weighted by atomic mass is 9.77. The predicted molar refractivity (Wildman–Crippen MR) is 85.4 cm³/mol. The lowest BCUT2D eigenvalue weighted by molar-refractivity contribution is 0.0979. The number of rotatable bonds is 5. The molecule has 0 unspecified atom stereocenters. The van der Waals surface area contributed by atoms with E-state index in [-0.39, 0.29) is 18.2 Å². The van der Waals surface area contributed by atoms with Crippen LogP contribution in [-0.2, 0) is 12.0 Å². The number of nitrogens with zero attached hydrogens (tertiary/aromatic N) is 2. The van der Waals surface area contributed by atoms with Gasteiger partial charge in [0.05, 0.1) is 5.54 Å². The fourth-order valence-electron chi connectivity index (χ4n) is 2.34. The first-order valence-electron chi connectivity index (χ1n) is 6.97. The number of ketones is 1. The molecule has 0 atom stereocenters. The Hall–Kier alpha value is -1.43. The Morgan fingerprint density at radius 2 is 2.00 bits per heavy atom. The van der Waals surface area contributed by atoms with E-state index in [1.165, 1.54) is 0 Å². The number of hydrogen-bond donors (Lipinski definition) is 1. The molecule has 1 saturated carbocycles. The van der Waals surface area contributed by atoms with Crippen LogP contribution in [0.4, 0.5) is 0 Å². The van der Waals surface area contributed by atoms with Crippen molar-refractivity contribution in [3.05, 3.63) is 46.6 Å². The number of nitrogens with two attached hydrogens (primary N) is 1. The van der Waals surface area contributed by atoms with Crippen LogP contribution in [0.3, 0.4) is 0 Å². The second-order valence-electron chi connectivity index (χ2n) is 5.45. The molecular weight excluding hydrogens is 325 g/mol. The molecule has 1 fully saturated rings. The van der Waals surface area contributed by atoms with Crippen LogP contribution in [0.5, 0.6) is 0 Å². The summed E-state index contributed by atoms with van der Waals surface area (Å²) in [7, 11) is 0. The minimum absolute atomic E-state index is 0. The van der Waals surface area contributed by atoms with Crippen LogP contribution in [0, 0.1) is 0 Å². The summed E-state index contributed by atoms with van der Waals surface area (Å²) < 4.78 is 5.18. The van der Waals surface area contributed by atoms with Gasteiger partial charge in [-0.05, 0) is 43.5 Å². The van der Waals surface area contributed by atoms with Crippen LogP contribution in [0.15, 0.2) is 28.8 Å². The van der Waals surface area contributed by atoms with Crippen LogP contribution < -0.4 is 5.73 Å². The zero-order valence-electron chi connectivity index (χ0n) is 11.9. The molecule has 1 aliphatic rings. The van der Waals surface area contributed by atoms with Crippen LogP contribution >= 0.6 is 24.0 Å². The zero-order valence-corrected chi connectivity index (χ0v) is 13.5. The molecule has 1 heterocycles. The molecule has 0 spiro atoms. The Kier molecular flexibility index (Phi) is 5.21. The number of carbonyl (C=O) groups is 1. The molecule has 1 aliphatic carbocycles. The van der Waals surface area contributed by atoms with Crippen LogP contribution in [-0.4, -0.2) is 15.9 Å². The van der Waals surface area contributed by atoms with Crippen molar-refractivity contribution in [3.63, 3.8) is 0 Å². The van der Waals surface area contributed by atoms with Gasteiger partial charge in [0.2, 0.25) is 5.89 Å². The lowest BCUT2D eigenvalue weighted by Gasteiger charge is -2.34. The molecule has 1 aromatic heterocycles. The summed E-state index contributed by atoms with van der Waals surface area (Å²) in [6, 6.07) is 6.84. The SMILES string of the molecule is Cl.NC1(c2noc(CCC(=O)c3ccc(Cl)cc3)n2)CCC1. The van der Waals surface area contributed by atoms with Gasteiger partial charge in [0.15, 0.2) is 11.6 Å². The minimum atomic E-state index is -0.429. The first kappa shape index (κ1) is 16.9. The van der Waals surface area contributed by atoms with Gasteiger partial charge in [0.25, 0.3) is 0 Å². The molecule has 1 aromatic carbocycles. The van der Waals surface area contributed by atoms with E-state index in [1.807, 2.05) is 0 Å². The van der Waals surface area contributed by atoms with Crippen molar-refractivity contribution >= 4 is 29.8 Å². The second-order valence-corrected chi connectivity index (χ2v) is 5.89. The van der Waals surface area contributed by atoms with Crippen LogP contribution in [0.25, 0.3) is 0 Å². The summed E-state index contributed by atoms with van der Waals surface area (Å²) in [6.45, 7) is 0. The summed E-state index contributed by atoms with van der Waals surface area (Å²) in [4.78, 5) is 16.4. The van der Waals surface area contributed by atoms with Crippen molar-refractivity contribution in [2.24, 2.45) is 5.73 Å². The van der Waals surface area contributed by atoms with Crippen LogP contribution in [0.2, 0.25) is 5.02 Å². The number of halogens is 2. The van der Waals surface area contributed by atoms with E-state index in [1.54, 1.807) is 24.3 Å². The number of aromatic nitrogens is 2. The van der Waals surface area contributed by atoms with Gasteiger partial charge in [-0.25, -0.2) is 0 Å². The van der Waals surface area contributed by atoms with Gasteiger partial charge >= 0.3 is 0 Å². The van der Waals surface area contributed by atoms with Crippen molar-refractivity contribution in [3.8, 4) is 0 Å². The van der Waals surface area contributed by atoms with Crippen molar-refractivity contribution in [1.29, 1.82) is 0 Å². The molecule has 2 N–H and O–H groups in total. The van der Waals surface area contributed by atoms with Gasteiger partial charge in [0, 0.05) is 23.4 Å². The largest absolute Gasteiger partial charge is 0.339 e. The van der Waals surface area contributed by atoms with Crippen molar-refractivity contribution in [1.82, 2.24) is 10.1 Å². The topological polar surface area (TPSA) is 82.0 Å². The maximum absolute atomic E-state index is 12.0. The van der Waals surface area contributed by atoms with Crippen molar-refractivity contribution in [2.75, 3.05) is 0 Å². The molecule has 0 amide bonds. The first-order valence-corrected chi connectivity index (χ1v) is 7.35. The molecule has 0 aliphatic heterocycles. The zero-order chi connectivity index (χ0) is 14.9. The van der Waals surface area contributed by atoms with E-state index in [0.717, 1.165) is 19.3 Å². The maximum Gasteiger partial charge on any atom is 0.227 e. The number of carbonyl (C=O) groups excluding carboxylic acids is 1. The van der Waals surface area contributed by atoms with Gasteiger partial charge in [-0.1, -0.05) is 16.8 Å². The Morgan fingerprint density at radius 1 is 1.32 bits per heavy atom. The van der Waals surface area contributed by atoms with Crippen molar-refractivity contribution < 1.29 is 9.32 Å². The standard InChI is InChI=1S/C15H16ClN3O2.ClH/c16-11-4-2-10(3-5-11)12(20)6-7-13-18-14(19-21-13)15(17)8-1-9-15;/h2-5H,1,6-9,17H2;1H. The maximum atomic E-state index is 12.0. The molecule has 0 radical (unpaired) electrons. The summed E-state index contributed by atoms with van der Waals surface area (Å²) in [5.74, 6) is 1.05. The highest BCUT2D eigenvalue weighted by molar-refractivity contribution is 6.30. The van der Waals surface area contributed by atoms with Gasteiger partial charge in [-0.3, -0.25) is 4.79 Å². The Bertz CT molecular complexity index is 651. The molecule has 118 valence electrons. The second kappa shape index (κ2) is 6.77. The molecule has 22 heavy (non-hydrogen) atoms. The highest BCUT2D eigenvalue weighted by atomic mass is 35.5. The van der Waals surface area contributed by atoms with E-state index in [2.05, 4.69) is 10.1 Å². The predicted octanol–water partition coefficient (Wildman–Crippen LogP) is 3.30. The highest BCUT2D eigenvalue weighted by Crippen LogP contribution is 2.36. The van der Waals surface area contributed by atoms with Gasteiger partial charge < -0.3 is 10.3 Å². The Morgan fingerprint density at radius 3 is 2.59 bits per heavy atom. The van der Waals surface area contributed by atoms with Crippen molar-refractivity contribution in [2.45, 2.75) is 37.6 Å². The average Bonchev–Trinajstić information content (AvgIpc) is 2.92. The number of aryl methyl sites for hydroxylation is 1. The first-order chi connectivity index (χ1) is 10.1. The van der Waals surface area contributed by atoms with E-state index in [4.69, 9.17) is 21.9 Å². The summed E-state index contributed by atoms with van der Waals surface area (Å²) in [6.07, 6.45) is 3.60.